The third-order valence-corrected chi connectivity index (χ3v) is 8.42. The molecule has 5 atom stereocenters. The molecular formula is C36H40N2O9. The van der Waals surface area contributed by atoms with Crippen molar-refractivity contribution in [1.82, 2.24) is 9.80 Å². The molecular weight excluding hydrogens is 604 g/mol. The van der Waals surface area contributed by atoms with E-state index in [-0.39, 0.29) is 6.61 Å². The number of ether oxygens (including phenoxy) is 4. The Morgan fingerprint density at radius 1 is 0.766 bits per heavy atom. The number of likely N-dealkylation sites (tertiary alicyclic amines) is 1. The molecule has 2 aliphatic heterocycles. The van der Waals surface area contributed by atoms with Crippen molar-refractivity contribution in [3.8, 4) is 0 Å². The van der Waals surface area contributed by atoms with Crippen LogP contribution in [0.1, 0.15) is 50.3 Å². The van der Waals surface area contributed by atoms with Gasteiger partial charge in [-0.3, -0.25) is 14.4 Å². The predicted molar refractivity (Wildman–Crippen MR) is 170 cm³/mol. The largest absolute Gasteiger partial charge is 0.456 e. The first kappa shape index (κ1) is 33.8. The maximum atomic E-state index is 13.7. The van der Waals surface area contributed by atoms with Crippen molar-refractivity contribution >= 4 is 23.9 Å². The highest BCUT2D eigenvalue weighted by atomic mass is 16.6. The van der Waals surface area contributed by atoms with Gasteiger partial charge in [-0.25, -0.2) is 9.69 Å². The fraction of sp³-hybridized carbons (Fsp3) is 0.389. The van der Waals surface area contributed by atoms with Gasteiger partial charge >= 0.3 is 18.0 Å². The summed E-state index contributed by atoms with van der Waals surface area (Å²) in [6, 6.07) is 28.1. The van der Waals surface area contributed by atoms with E-state index in [9.17, 15) is 24.3 Å². The van der Waals surface area contributed by atoms with Crippen LogP contribution in [0.2, 0.25) is 0 Å². The molecule has 0 spiro atoms. The minimum atomic E-state index is -1.57. The Balaban J connectivity index is 1.59. The summed E-state index contributed by atoms with van der Waals surface area (Å²) < 4.78 is 24.3. The van der Waals surface area contributed by atoms with Crippen LogP contribution < -0.4 is 0 Å². The van der Waals surface area contributed by atoms with E-state index in [0.717, 1.165) is 48.3 Å². The van der Waals surface area contributed by atoms with Gasteiger partial charge in [0, 0.05) is 33.9 Å². The summed E-state index contributed by atoms with van der Waals surface area (Å²) >= 11 is 0. The van der Waals surface area contributed by atoms with E-state index in [1.165, 1.54) is 11.8 Å². The molecule has 11 nitrogen and oxygen atoms in total. The third kappa shape index (κ3) is 7.22. The number of hydrogen-bond donors (Lipinski definition) is 1. The van der Waals surface area contributed by atoms with Gasteiger partial charge in [0.2, 0.25) is 5.91 Å². The molecule has 3 aromatic rings. The maximum absolute atomic E-state index is 13.7. The van der Waals surface area contributed by atoms with E-state index in [0.29, 0.717) is 13.1 Å². The monoisotopic (exact) mass is 644 g/mol. The number of carbonyl (C=O) groups excluding carboxylic acids is 4. The average Bonchev–Trinajstić information content (AvgIpc) is 3.61. The second kappa shape index (κ2) is 14.9. The lowest BCUT2D eigenvalue weighted by Gasteiger charge is -2.47. The van der Waals surface area contributed by atoms with Gasteiger partial charge in [-0.2, -0.15) is 0 Å². The number of aliphatic hydroxyl groups excluding tert-OH is 1. The molecule has 47 heavy (non-hydrogen) atoms. The Hall–Kier alpha value is -4.58. The molecule has 0 radical (unpaired) electrons. The van der Waals surface area contributed by atoms with Crippen LogP contribution in [0.25, 0.3) is 0 Å². The number of aliphatic hydroxyl groups is 1. The van der Waals surface area contributed by atoms with Crippen LogP contribution in [0.5, 0.6) is 0 Å². The van der Waals surface area contributed by atoms with Crippen molar-refractivity contribution < 1.29 is 43.2 Å². The van der Waals surface area contributed by atoms with Crippen LogP contribution in [0.3, 0.4) is 0 Å². The number of rotatable bonds is 9. The zero-order valence-corrected chi connectivity index (χ0v) is 26.7. The van der Waals surface area contributed by atoms with Gasteiger partial charge in [0.25, 0.3) is 0 Å². The Morgan fingerprint density at radius 3 is 1.64 bits per heavy atom. The van der Waals surface area contributed by atoms with E-state index in [1.807, 2.05) is 91.0 Å². The van der Waals surface area contributed by atoms with E-state index < -0.39 is 60.1 Å². The van der Waals surface area contributed by atoms with Gasteiger partial charge in [0.15, 0.2) is 18.4 Å². The van der Waals surface area contributed by atoms with Crippen LogP contribution in [0.15, 0.2) is 91.0 Å². The van der Waals surface area contributed by atoms with Gasteiger partial charge in [-0.1, -0.05) is 91.0 Å². The maximum Gasteiger partial charge on any atom is 0.328 e. The van der Waals surface area contributed by atoms with Crippen LogP contribution in [0, 0.1) is 0 Å². The normalized spacial score (nSPS) is 22.7. The molecule has 2 saturated heterocycles. The molecule has 2 heterocycles. The van der Waals surface area contributed by atoms with Crippen molar-refractivity contribution in [2.45, 2.75) is 69.9 Å². The Labute approximate surface area is 274 Å². The van der Waals surface area contributed by atoms with Crippen molar-refractivity contribution in [2.24, 2.45) is 0 Å². The highest BCUT2D eigenvalue weighted by Gasteiger charge is 2.54. The molecule has 2 fully saturated rings. The zero-order valence-electron chi connectivity index (χ0n) is 26.7. The lowest BCUT2D eigenvalue weighted by Crippen LogP contribution is -2.67. The first-order valence-corrected chi connectivity index (χ1v) is 15.7. The average molecular weight is 645 g/mol. The Bertz CT molecular complexity index is 1430. The lowest BCUT2D eigenvalue weighted by atomic mass is 9.80. The summed E-state index contributed by atoms with van der Waals surface area (Å²) in [4.78, 5) is 53.8. The molecule has 248 valence electrons. The van der Waals surface area contributed by atoms with Crippen molar-refractivity contribution in [3.05, 3.63) is 108 Å². The Morgan fingerprint density at radius 2 is 1.21 bits per heavy atom. The topological polar surface area (TPSA) is 132 Å². The van der Waals surface area contributed by atoms with Crippen molar-refractivity contribution in [3.63, 3.8) is 0 Å². The summed E-state index contributed by atoms with van der Waals surface area (Å²) in [6.45, 7) is 4.07. The van der Waals surface area contributed by atoms with E-state index >= 15 is 0 Å². The van der Waals surface area contributed by atoms with Crippen LogP contribution in [-0.4, -0.2) is 89.1 Å². The smallest absolute Gasteiger partial charge is 0.328 e. The minimum Gasteiger partial charge on any atom is -0.456 e. The van der Waals surface area contributed by atoms with Gasteiger partial charge < -0.3 is 29.0 Å². The second-order valence-corrected chi connectivity index (χ2v) is 11.7. The first-order valence-electron chi connectivity index (χ1n) is 15.7. The molecule has 3 amide bonds. The summed E-state index contributed by atoms with van der Waals surface area (Å²) in [5.41, 5.74) is 1.19. The van der Waals surface area contributed by atoms with Gasteiger partial charge in [0.05, 0.1) is 6.61 Å². The number of imide groups is 1. The number of amides is 3. The molecule has 3 aromatic carbocycles. The molecule has 0 aliphatic carbocycles. The third-order valence-electron chi connectivity index (χ3n) is 8.42. The van der Waals surface area contributed by atoms with E-state index in [2.05, 4.69) is 0 Å². The fourth-order valence-electron chi connectivity index (χ4n) is 6.36. The highest BCUT2D eigenvalue weighted by molar-refractivity contribution is 5.93. The summed E-state index contributed by atoms with van der Waals surface area (Å²) in [7, 11) is 0. The number of carbonyl (C=O) groups is 4. The molecule has 0 aromatic heterocycles. The molecule has 5 rings (SSSR count). The summed E-state index contributed by atoms with van der Waals surface area (Å²) in [5.74, 6) is -2.22. The molecule has 0 unspecified atom stereocenters. The lowest BCUT2D eigenvalue weighted by molar-refractivity contribution is -0.271. The SMILES string of the molecule is CC(=O)O[C@H]1[C@H](O)[C@@H](COC(c2ccccc2)(c2ccccc2)c2ccccc2)O[C@H](N(C(C)=O)C(=O)N2CCCC2)[C@H]1OC(C)=O. The minimum absolute atomic E-state index is 0.287. The van der Waals surface area contributed by atoms with Crippen LogP contribution >= 0.6 is 0 Å². The van der Waals surface area contributed by atoms with Crippen LogP contribution in [0.4, 0.5) is 4.79 Å². The quantitative estimate of drug-likeness (QED) is 0.271. The second-order valence-electron chi connectivity index (χ2n) is 11.7. The van der Waals surface area contributed by atoms with Crippen molar-refractivity contribution in [1.29, 1.82) is 0 Å². The fourth-order valence-corrected chi connectivity index (χ4v) is 6.36. The summed E-state index contributed by atoms with van der Waals surface area (Å²) in [5, 5.41) is 11.7. The number of nitrogens with zero attached hydrogens (tertiary/aromatic N) is 2. The number of hydrogen-bond acceptors (Lipinski definition) is 9. The first-order chi connectivity index (χ1) is 22.6. The van der Waals surface area contributed by atoms with Crippen LogP contribution in [-0.2, 0) is 38.9 Å². The van der Waals surface area contributed by atoms with Crippen molar-refractivity contribution in [2.75, 3.05) is 19.7 Å². The van der Waals surface area contributed by atoms with Gasteiger partial charge in [-0.05, 0) is 29.5 Å². The molecule has 2 aliphatic rings. The predicted octanol–water partition coefficient (Wildman–Crippen LogP) is 4.01. The molecule has 0 saturated carbocycles. The molecule has 1 N–H and O–H groups in total. The standard InChI is InChI=1S/C36H40N2O9/c1-24(39)38(35(43)37-21-13-14-22-37)34-33(46-26(3)41)32(45-25(2)40)31(42)30(47-34)23-44-36(27-15-7-4-8-16-27,28-17-9-5-10-18-28)29-19-11-6-12-20-29/h4-12,15-20,30-34,42H,13-14,21-23H2,1-3H3/t30-,31-,32+,33+,34+/m1/s1. The highest BCUT2D eigenvalue weighted by Crippen LogP contribution is 2.41. The number of benzene rings is 3. The molecule has 0 bridgehead atoms. The zero-order chi connectivity index (χ0) is 33.6. The van der Waals surface area contributed by atoms with Gasteiger partial charge in [-0.15, -0.1) is 0 Å². The van der Waals surface area contributed by atoms with E-state index in [4.69, 9.17) is 18.9 Å². The molecule has 11 heteroatoms. The number of urea groups is 1. The number of esters is 2. The summed E-state index contributed by atoms with van der Waals surface area (Å²) in [6.07, 6.45) is -5.83. The Kier molecular flexibility index (Phi) is 10.7. The van der Waals surface area contributed by atoms with E-state index in [1.54, 1.807) is 0 Å². The van der Waals surface area contributed by atoms with Gasteiger partial charge in [0.1, 0.15) is 17.8 Å².